The second-order valence-electron chi connectivity index (χ2n) is 6.38. The molecule has 2 rings (SSSR count). The molecule has 0 spiro atoms. The van der Waals surface area contributed by atoms with Crippen LogP contribution < -0.4 is 5.32 Å². The molecule has 0 radical (unpaired) electrons. The average Bonchev–Trinajstić information content (AvgIpc) is 3.10. The highest BCUT2D eigenvalue weighted by Crippen LogP contribution is 2.21. The van der Waals surface area contributed by atoms with Crippen LogP contribution in [0.4, 0.5) is 0 Å². The summed E-state index contributed by atoms with van der Waals surface area (Å²) in [6.07, 6.45) is 7.14. The normalized spacial score (nSPS) is 18.0. The van der Waals surface area contributed by atoms with Crippen LogP contribution in [0.1, 0.15) is 44.3 Å². The molecule has 1 atom stereocenters. The maximum atomic E-state index is 11.1. The van der Waals surface area contributed by atoms with Gasteiger partial charge in [0.25, 0.3) is 0 Å². The van der Waals surface area contributed by atoms with Crippen LogP contribution >= 0.6 is 0 Å². The lowest BCUT2D eigenvalue weighted by atomic mass is 10.1. The molecule has 1 unspecified atom stereocenters. The molecule has 0 saturated carbocycles. The third kappa shape index (κ3) is 6.33. The number of nitrogens with zero attached hydrogens (tertiary/aromatic N) is 4. The van der Waals surface area contributed by atoms with E-state index in [4.69, 9.17) is 9.73 Å². The Morgan fingerprint density at radius 1 is 1.46 bits per heavy atom. The Balaban J connectivity index is 1.83. The Hall–Kier alpha value is -2.09. The summed E-state index contributed by atoms with van der Waals surface area (Å²) in [5.41, 5.74) is 1.09. The van der Waals surface area contributed by atoms with Crippen LogP contribution in [0.2, 0.25) is 0 Å². The van der Waals surface area contributed by atoms with E-state index >= 15 is 0 Å². The first-order valence-corrected chi connectivity index (χ1v) is 9.34. The van der Waals surface area contributed by atoms with E-state index in [1.165, 1.54) is 7.11 Å². The molecule has 146 valence electrons. The van der Waals surface area contributed by atoms with Crippen molar-refractivity contribution in [3.63, 3.8) is 0 Å². The van der Waals surface area contributed by atoms with Gasteiger partial charge in [-0.25, -0.2) is 0 Å². The van der Waals surface area contributed by atoms with E-state index in [9.17, 15) is 4.79 Å². The standard InChI is InChI=1S/C18H31N5O3/c1-4-19-18(20-9-7-5-6-8-17(24)25-3)23-10-11-26-16(14-23)15-12-21-22(2)13-15/h12-13,16H,4-11,14H2,1-3H3,(H,19,20). The maximum Gasteiger partial charge on any atom is 0.305 e. The summed E-state index contributed by atoms with van der Waals surface area (Å²) in [5.74, 6) is 0.786. The van der Waals surface area contributed by atoms with Crippen LogP contribution in [0.25, 0.3) is 0 Å². The molecule has 1 aromatic rings. The zero-order valence-corrected chi connectivity index (χ0v) is 16.1. The van der Waals surface area contributed by atoms with E-state index in [1.807, 2.05) is 19.4 Å². The number of methoxy groups -OCH3 is 1. The fourth-order valence-electron chi connectivity index (χ4n) is 2.92. The number of aryl methyl sites for hydroxylation is 1. The number of hydrogen-bond acceptors (Lipinski definition) is 5. The molecule has 1 fully saturated rings. The fourth-order valence-corrected chi connectivity index (χ4v) is 2.92. The summed E-state index contributed by atoms with van der Waals surface area (Å²) in [6.45, 7) is 5.91. The monoisotopic (exact) mass is 365 g/mol. The van der Waals surface area contributed by atoms with Crippen molar-refractivity contribution in [2.24, 2.45) is 12.0 Å². The lowest BCUT2D eigenvalue weighted by molar-refractivity contribution is -0.140. The molecule has 0 aliphatic carbocycles. The Morgan fingerprint density at radius 3 is 3.00 bits per heavy atom. The Labute approximate surface area is 155 Å². The number of carbonyl (C=O) groups excluding carboxylic acids is 1. The lowest BCUT2D eigenvalue weighted by Gasteiger charge is -2.34. The number of unbranched alkanes of at least 4 members (excludes halogenated alkanes) is 2. The van der Waals surface area contributed by atoms with Gasteiger partial charge in [0, 0.05) is 44.9 Å². The second-order valence-corrected chi connectivity index (χ2v) is 6.38. The molecule has 0 amide bonds. The van der Waals surface area contributed by atoms with Gasteiger partial charge in [-0.3, -0.25) is 14.5 Å². The number of morpholine rings is 1. The Bertz CT molecular complexity index is 587. The topological polar surface area (TPSA) is 81.0 Å². The summed E-state index contributed by atoms with van der Waals surface area (Å²) in [4.78, 5) is 18.1. The van der Waals surface area contributed by atoms with Crippen LogP contribution in [0, 0.1) is 0 Å². The van der Waals surface area contributed by atoms with Gasteiger partial charge in [0.1, 0.15) is 6.10 Å². The van der Waals surface area contributed by atoms with E-state index in [0.29, 0.717) is 13.0 Å². The number of rotatable bonds is 8. The van der Waals surface area contributed by atoms with Crippen molar-refractivity contribution in [2.75, 3.05) is 39.9 Å². The SMILES string of the molecule is CCNC(=NCCCCCC(=O)OC)N1CCOC(c2cnn(C)c2)C1. The van der Waals surface area contributed by atoms with Gasteiger partial charge in [0.15, 0.2) is 5.96 Å². The number of esters is 1. The van der Waals surface area contributed by atoms with Crippen molar-refractivity contribution in [3.8, 4) is 0 Å². The van der Waals surface area contributed by atoms with Gasteiger partial charge in [-0.1, -0.05) is 6.42 Å². The smallest absolute Gasteiger partial charge is 0.305 e. The summed E-state index contributed by atoms with van der Waals surface area (Å²) in [6, 6.07) is 0. The molecule has 8 heteroatoms. The molecule has 1 aromatic heterocycles. The Morgan fingerprint density at radius 2 is 2.31 bits per heavy atom. The number of hydrogen-bond donors (Lipinski definition) is 1. The zero-order chi connectivity index (χ0) is 18.8. The van der Waals surface area contributed by atoms with Gasteiger partial charge in [0.05, 0.1) is 26.5 Å². The Kier molecular flexibility index (Phi) is 8.40. The third-order valence-electron chi connectivity index (χ3n) is 4.33. The van der Waals surface area contributed by atoms with Gasteiger partial charge in [0.2, 0.25) is 0 Å². The predicted molar refractivity (Wildman–Crippen MR) is 99.9 cm³/mol. The van der Waals surface area contributed by atoms with Gasteiger partial charge in [-0.15, -0.1) is 0 Å². The first kappa shape index (κ1) is 20.2. The van der Waals surface area contributed by atoms with Gasteiger partial charge in [-0.2, -0.15) is 5.10 Å². The third-order valence-corrected chi connectivity index (χ3v) is 4.33. The molecule has 1 aliphatic rings. The molecule has 0 bridgehead atoms. The number of carbonyl (C=O) groups is 1. The highest BCUT2D eigenvalue weighted by Gasteiger charge is 2.25. The average molecular weight is 365 g/mol. The van der Waals surface area contributed by atoms with Gasteiger partial charge < -0.3 is 19.7 Å². The molecule has 0 aromatic carbocycles. The second kappa shape index (κ2) is 10.8. The summed E-state index contributed by atoms with van der Waals surface area (Å²) in [5, 5.41) is 7.61. The minimum atomic E-state index is -0.142. The van der Waals surface area contributed by atoms with Gasteiger partial charge >= 0.3 is 5.97 Å². The number of aromatic nitrogens is 2. The van der Waals surface area contributed by atoms with E-state index in [1.54, 1.807) is 4.68 Å². The summed E-state index contributed by atoms with van der Waals surface area (Å²) >= 11 is 0. The van der Waals surface area contributed by atoms with Crippen molar-refractivity contribution in [1.82, 2.24) is 20.0 Å². The quantitative estimate of drug-likeness (QED) is 0.325. The van der Waals surface area contributed by atoms with Crippen LogP contribution in [-0.4, -0.2) is 66.5 Å². The molecular formula is C18H31N5O3. The van der Waals surface area contributed by atoms with E-state index in [2.05, 4.69) is 27.0 Å². The first-order valence-electron chi connectivity index (χ1n) is 9.34. The minimum absolute atomic E-state index is 0.0152. The molecule has 1 N–H and O–H groups in total. The van der Waals surface area contributed by atoms with Gasteiger partial charge in [-0.05, 0) is 19.8 Å². The molecule has 8 nitrogen and oxygen atoms in total. The molecule has 26 heavy (non-hydrogen) atoms. The number of nitrogens with one attached hydrogen (secondary N) is 1. The first-order chi connectivity index (χ1) is 12.6. The largest absolute Gasteiger partial charge is 0.469 e. The molecular weight excluding hydrogens is 334 g/mol. The lowest BCUT2D eigenvalue weighted by Crippen LogP contribution is -2.48. The zero-order valence-electron chi connectivity index (χ0n) is 16.1. The van der Waals surface area contributed by atoms with Crippen LogP contribution in [0.5, 0.6) is 0 Å². The minimum Gasteiger partial charge on any atom is -0.469 e. The van der Waals surface area contributed by atoms with Crippen molar-refractivity contribution in [1.29, 1.82) is 0 Å². The van der Waals surface area contributed by atoms with E-state index in [-0.39, 0.29) is 12.1 Å². The highest BCUT2D eigenvalue weighted by molar-refractivity contribution is 5.80. The van der Waals surface area contributed by atoms with E-state index < -0.39 is 0 Å². The summed E-state index contributed by atoms with van der Waals surface area (Å²) < 4.78 is 12.4. The van der Waals surface area contributed by atoms with Crippen molar-refractivity contribution in [2.45, 2.75) is 38.7 Å². The van der Waals surface area contributed by atoms with Crippen LogP contribution in [0.15, 0.2) is 17.4 Å². The van der Waals surface area contributed by atoms with E-state index in [0.717, 1.165) is 57.0 Å². The van der Waals surface area contributed by atoms with Crippen LogP contribution in [0.3, 0.4) is 0 Å². The van der Waals surface area contributed by atoms with Crippen molar-refractivity contribution < 1.29 is 14.3 Å². The number of guanidine groups is 1. The predicted octanol–water partition coefficient (Wildman–Crippen LogP) is 1.49. The van der Waals surface area contributed by atoms with Crippen LogP contribution in [-0.2, 0) is 21.3 Å². The fraction of sp³-hybridized carbons (Fsp3) is 0.722. The summed E-state index contributed by atoms with van der Waals surface area (Å²) in [7, 11) is 3.34. The maximum absolute atomic E-state index is 11.1. The molecule has 2 heterocycles. The number of ether oxygens (including phenoxy) is 2. The molecule has 1 saturated heterocycles. The molecule has 1 aliphatic heterocycles. The number of aliphatic imine (C=N–C) groups is 1. The highest BCUT2D eigenvalue weighted by atomic mass is 16.5. The van der Waals surface area contributed by atoms with Crippen molar-refractivity contribution >= 4 is 11.9 Å². The van der Waals surface area contributed by atoms with Crippen molar-refractivity contribution in [3.05, 3.63) is 18.0 Å².